The maximum atomic E-state index is 8.42. The minimum absolute atomic E-state index is 0.295. The maximum Gasteiger partial charge on any atom is 0.181 e. The lowest BCUT2D eigenvalue weighted by Crippen LogP contribution is -1.93. The number of hydrogen-bond acceptors (Lipinski definition) is 2. The molecule has 1 rings (SSSR count). The quantitative estimate of drug-likeness (QED) is 0.616. The molecule has 1 heterocycles. The lowest BCUT2D eigenvalue weighted by Gasteiger charge is -1.88. The van der Waals surface area contributed by atoms with Crippen LogP contribution in [-0.4, -0.2) is 9.78 Å². The van der Waals surface area contributed by atoms with Crippen molar-refractivity contribution in [3.8, 4) is 6.07 Å². The highest BCUT2D eigenvalue weighted by Gasteiger charge is 2.02. The second-order valence-corrected chi connectivity index (χ2v) is 2.20. The topological polar surface area (TPSA) is 41.6 Å². The Morgan fingerprint density at radius 2 is 2.60 bits per heavy atom. The van der Waals surface area contributed by atoms with E-state index in [1.807, 2.05) is 13.0 Å². The van der Waals surface area contributed by atoms with E-state index >= 15 is 0 Å². The average Bonchev–Trinajstić information content (AvgIpc) is 2.30. The Kier molecular flexibility index (Phi) is 1.93. The van der Waals surface area contributed by atoms with Gasteiger partial charge in [0, 0.05) is 12.7 Å². The van der Waals surface area contributed by atoms with E-state index in [4.69, 9.17) is 16.9 Å². The van der Waals surface area contributed by atoms with E-state index in [9.17, 15) is 0 Å². The van der Waals surface area contributed by atoms with E-state index in [-0.39, 0.29) is 0 Å². The predicted molar refractivity (Wildman–Crippen MR) is 37.6 cm³/mol. The van der Waals surface area contributed by atoms with Crippen LogP contribution in [0.2, 0.25) is 5.02 Å². The zero-order valence-electron chi connectivity index (χ0n) is 5.50. The van der Waals surface area contributed by atoms with Crippen molar-refractivity contribution in [2.24, 2.45) is 0 Å². The Balaban J connectivity index is 3.07. The lowest BCUT2D eigenvalue weighted by molar-refractivity contribution is 0.657. The molecular formula is C6H6ClN3. The van der Waals surface area contributed by atoms with E-state index < -0.39 is 0 Å². The largest absolute Gasteiger partial charge is 0.270 e. The van der Waals surface area contributed by atoms with Crippen LogP contribution in [-0.2, 0) is 6.54 Å². The summed E-state index contributed by atoms with van der Waals surface area (Å²) >= 11 is 5.62. The first-order chi connectivity index (χ1) is 4.77. The van der Waals surface area contributed by atoms with Gasteiger partial charge >= 0.3 is 0 Å². The summed E-state index contributed by atoms with van der Waals surface area (Å²) < 4.78 is 1.63. The van der Waals surface area contributed by atoms with Crippen LogP contribution in [0.4, 0.5) is 0 Å². The molecule has 0 aliphatic carbocycles. The summed E-state index contributed by atoms with van der Waals surface area (Å²) in [5.41, 5.74) is 0.295. The molecule has 52 valence electrons. The van der Waals surface area contributed by atoms with E-state index in [0.717, 1.165) is 6.54 Å². The molecule has 0 aliphatic rings. The third-order valence-corrected chi connectivity index (χ3v) is 1.42. The van der Waals surface area contributed by atoms with E-state index in [1.165, 1.54) is 0 Å². The van der Waals surface area contributed by atoms with Gasteiger partial charge in [-0.05, 0) is 6.92 Å². The molecule has 0 saturated heterocycles. The van der Waals surface area contributed by atoms with Crippen LogP contribution in [0.5, 0.6) is 0 Å². The number of halogens is 1. The summed E-state index contributed by atoms with van der Waals surface area (Å²) in [6.45, 7) is 2.67. The molecule has 0 aromatic carbocycles. The van der Waals surface area contributed by atoms with Gasteiger partial charge in [0.1, 0.15) is 6.07 Å². The molecule has 0 atom stereocenters. The predicted octanol–water partition coefficient (Wildman–Crippen LogP) is 1.43. The second-order valence-electron chi connectivity index (χ2n) is 1.79. The Bertz CT molecular complexity index is 271. The van der Waals surface area contributed by atoms with E-state index in [2.05, 4.69) is 5.10 Å². The van der Waals surface area contributed by atoms with Crippen molar-refractivity contribution in [2.75, 3.05) is 0 Å². The van der Waals surface area contributed by atoms with Gasteiger partial charge in [-0.1, -0.05) is 11.6 Å². The molecule has 10 heavy (non-hydrogen) atoms. The van der Waals surface area contributed by atoms with Gasteiger partial charge in [0.25, 0.3) is 0 Å². The SMILES string of the molecule is CCn1cc(Cl)c(C#N)n1. The number of hydrogen-bond donors (Lipinski definition) is 0. The van der Waals surface area contributed by atoms with Crippen LogP contribution in [0.1, 0.15) is 12.6 Å². The van der Waals surface area contributed by atoms with Gasteiger partial charge in [-0.2, -0.15) is 10.4 Å². The third-order valence-electron chi connectivity index (χ3n) is 1.15. The normalized spacial score (nSPS) is 9.30. The van der Waals surface area contributed by atoms with Gasteiger partial charge in [-0.3, -0.25) is 4.68 Å². The Labute approximate surface area is 63.8 Å². The standard InChI is InChI=1S/C6H6ClN3/c1-2-10-4-5(7)6(3-8)9-10/h4H,2H2,1H3. The molecule has 0 amide bonds. The summed E-state index contributed by atoms with van der Waals surface area (Å²) in [7, 11) is 0. The summed E-state index contributed by atoms with van der Waals surface area (Å²) in [6, 6.07) is 1.89. The molecule has 4 heteroatoms. The molecule has 0 radical (unpaired) electrons. The average molecular weight is 156 g/mol. The summed E-state index contributed by atoms with van der Waals surface area (Å²) in [4.78, 5) is 0. The number of nitriles is 1. The number of aromatic nitrogens is 2. The first-order valence-electron chi connectivity index (χ1n) is 2.91. The van der Waals surface area contributed by atoms with Gasteiger partial charge in [0.05, 0.1) is 5.02 Å². The highest BCUT2D eigenvalue weighted by molar-refractivity contribution is 6.31. The number of rotatable bonds is 1. The Hall–Kier alpha value is -1.01. The lowest BCUT2D eigenvalue weighted by atomic mass is 10.5. The van der Waals surface area contributed by atoms with Crippen molar-refractivity contribution in [1.29, 1.82) is 5.26 Å². The molecule has 0 N–H and O–H groups in total. The van der Waals surface area contributed by atoms with E-state index in [1.54, 1.807) is 10.9 Å². The van der Waals surface area contributed by atoms with Crippen molar-refractivity contribution in [3.63, 3.8) is 0 Å². The molecule has 3 nitrogen and oxygen atoms in total. The van der Waals surface area contributed by atoms with Crippen LogP contribution in [0.15, 0.2) is 6.20 Å². The van der Waals surface area contributed by atoms with Crippen molar-refractivity contribution >= 4 is 11.6 Å². The molecule has 0 spiro atoms. The van der Waals surface area contributed by atoms with Crippen molar-refractivity contribution in [1.82, 2.24) is 9.78 Å². The smallest absolute Gasteiger partial charge is 0.181 e. The summed E-state index contributed by atoms with van der Waals surface area (Å²) in [5.74, 6) is 0. The highest BCUT2D eigenvalue weighted by Crippen LogP contribution is 2.11. The minimum Gasteiger partial charge on any atom is -0.270 e. The zero-order chi connectivity index (χ0) is 7.56. The van der Waals surface area contributed by atoms with Crippen LogP contribution < -0.4 is 0 Å². The van der Waals surface area contributed by atoms with Gasteiger partial charge < -0.3 is 0 Å². The monoisotopic (exact) mass is 155 g/mol. The van der Waals surface area contributed by atoms with Crippen molar-refractivity contribution in [2.45, 2.75) is 13.5 Å². The second kappa shape index (κ2) is 2.72. The molecule has 0 saturated carbocycles. The van der Waals surface area contributed by atoms with Crippen LogP contribution in [0.3, 0.4) is 0 Å². The first kappa shape index (κ1) is 7.10. The fraction of sp³-hybridized carbons (Fsp3) is 0.333. The fourth-order valence-electron chi connectivity index (χ4n) is 0.635. The molecule has 0 bridgehead atoms. The van der Waals surface area contributed by atoms with Gasteiger partial charge in [-0.15, -0.1) is 0 Å². The maximum absolute atomic E-state index is 8.42. The number of aryl methyl sites for hydroxylation is 1. The van der Waals surface area contributed by atoms with Gasteiger partial charge in [0.2, 0.25) is 0 Å². The van der Waals surface area contributed by atoms with Gasteiger partial charge in [0.15, 0.2) is 5.69 Å². The molecular weight excluding hydrogens is 150 g/mol. The van der Waals surface area contributed by atoms with Gasteiger partial charge in [-0.25, -0.2) is 0 Å². The molecule has 0 fully saturated rings. The summed E-state index contributed by atoms with van der Waals surface area (Å²) in [5, 5.41) is 12.7. The van der Waals surface area contributed by atoms with Crippen molar-refractivity contribution in [3.05, 3.63) is 16.9 Å². The van der Waals surface area contributed by atoms with Crippen LogP contribution in [0.25, 0.3) is 0 Å². The Morgan fingerprint density at radius 3 is 2.90 bits per heavy atom. The first-order valence-corrected chi connectivity index (χ1v) is 3.28. The third kappa shape index (κ3) is 1.12. The highest BCUT2D eigenvalue weighted by atomic mass is 35.5. The molecule has 0 aliphatic heterocycles. The molecule has 1 aromatic rings. The van der Waals surface area contributed by atoms with E-state index in [0.29, 0.717) is 10.7 Å². The molecule has 0 unspecified atom stereocenters. The summed E-state index contributed by atoms with van der Waals surface area (Å²) in [6.07, 6.45) is 1.64. The van der Waals surface area contributed by atoms with Crippen LogP contribution >= 0.6 is 11.6 Å². The number of nitrogens with zero attached hydrogens (tertiary/aromatic N) is 3. The fourth-order valence-corrected chi connectivity index (χ4v) is 0.828. The van der Waals surface area contributed by atoms with Crippen molar-refractivity contribution < 1.29 is 0 Å². The zero-order valence-corrected chi connectivity index (χ0v) is 6.26. The Morgan fingerprint density at radius 1 is 1.90 bits per heavy atom. The minimum atomic E-state index is 0.295. The van der Waals surface area contributed by atoms with Crippen LogP contribution in [0, 0.1) is 11.3 Å². The molecule has 1 aromatic heterocycles.